The summed E-state index contributed by atoms with van der Waals surface area (Å²) in [6.45, 7) is 0.467. The second kappa shape index (κ2) is 9.53. The number of anilines is 2. The van der Waals surface area contributed by atoms with Gasteiger partial charge in [0.25, 0.3) is 10.0 Å². The highest BCUT2D eigenvalue weighted by Gasteiger charge is 2.28. The smallest absolute Gasteiger partial charge is 0.264 e. The molecule has 0 aromatic heterocycles. The topological polar surface area (TPSA) is 66.5 Å². The van der Waals surface area contributed by atoms with Gasteiger partial charge in [-0.05, 0) is 66.8 Å². The minimum absolute atomic E-state index is 0.184. The van der Waals surface area contributed by atoms with Crippen molar-refractivity contribution < 1.29 is 13.2 Å². The number of sulfonamides is 1. The van der Waals surface area contributed by atoms with Crippen molar-refractivity contribution >= 4 is 50.5 Å². The highest BCUT2D eigenvalue weighted by Crippen LogP contribution is 2.32. The van der Waals surface area contributed by atoms with E-state index < -0.39 is 10.0 Å². The van der Waals surface area contributed by atoms with E-state index in [2.05, 4.69) is 5.32 Å². The van der Waals surface area contributed by atoms with E-state index in [0.717, 1.165) is 29.7 Å². The maximum absolute atomic E-state index is 13.2. The Labute approximate surface area is 198 Å². The van der Waals surface area contributed by atoms with E-state index in [1.165, 1.54) is 4.31 Å². The average Bonchev–Trinajstić information content (AvgIpc) is 2.79. The summed E-state index contributed by atoms with van der Waals surface area (Å²) >= 11 is 12.0. The zero-order valence-corrected chi connectivity index (χ0v) is 19.6. The van der Waals surface area contributed by atoms with Gasteiger partial charge in [0.15, 0.2) is 0 Å². The molecular weight excluding hydrogens is 467 g/mol. The predicted octanol–water partition coefficient (Wildman–Crippen LogP) is 5.71. The third-order valence-electron chi connectivity index (χ3n) is 5.42. The molecule has 0 fully saturated rings. The highest BCUT2D eigenvalue weighted by molar-refractivity contribution is 7.92. The lowest BCUT2D eigenvalue weighted by atomic mass is 10.0. The molecule has 1 heterocycles. The van der Waals surface area contributed by atoms with Crippen LogP contribution in [0.1, 0.15) is 24.0 Å². The van der Waals surface area contributed by atoms with Gasteiger partial charge in [-0.1, -0.05) is 53.5 Å². The highest BCUT2D eigenvalue weighted by atomic mass is 35.5. The van der Waals surface area contributed by atoms with Crippen LogP contribution in [0, 0.1) is 0 Å². The van der Waals surface area contributed by atoms with Gasteiger partial charge in [-0.25, -0.2) is 8.42 Å². The Morgan fingerprint density at radius 1 is 1.00 bits per heavy atom. The minimum Gasteiger partial charge on any atom is -0.325 e. The van der Waals surface area contributed by atoms with Crippen LogP contribution in [-0.2, 0) is 27.7 Å². The molecule has 0 radical (unpaired) electrons. The van der Waals surface area contributed by atoms with Crippen molar-refractivity contribution in [3.63, 3.8) is 0 Å². The molecule has 3 aromatic carbocycles. The lowest BCUT2D eigenvalue weighted by Crippen LogP contribution is -2.35. The summed E-state index contributed by atoms with van der Waals surface area (Å²) in [5.74, 6) is -0.184. The van der Waals surface area contributed by atoms with Crippen molar-refractivity contribution in [2.75, 3.05) is 16.2 Å². The number of hydrogen-bond acceptors (Lipinski definition) is 3. The zero-order chi connectivity index (χ0) is 22.7. The van der Waals surface area contributed by atoms with Crippen LogP contribution in [0.15, 0.2) is 71.6 Å². The number of amides is 1. The molecule has 32 heavy (non-hydrogen) atoms. The van der Waals surface area contributed by atoms with E-state index in [1.807, 2.05) is 24.3 Å². The van der Waals surface area contributed by atoms with Gasteiger partial charge < -0.3 is 5.32 Å². The maximum atomic E-state index is 13.2. The average molecular weight is 489 g/mol. The molecule has 5 nitrogen and oxygen atoms in total. The molecule has 0 atom stereocenters. The fraction of sp³-hybridized carbons (Fsp3) is 0.208. The maximum Gasteiger partial charge on any atom is 0.264 e. The number of benzene rings is 3. The number of hydrogen-bond donors (Lipinski definition) is 1. The van der Waals surface area contributed by atoms with E-state index in [1.54, 1.807) is 42.5 Å². The Bertz CT molecular complexity index is 1240. The van der Waals surface area contributed by atoms with Gasteiger partial charge in [0.05, 0.1) is 21.3 Å². The van der Waals surface area contributed by atoms with Crippen molar-refractivity contribution in [2.24, 2.45) is 0 Å². The van der Waals surface area contributed by atoms with Crippen molar-refractivity contribution in [1.82, 2.24) is 0 Å². The molecule has 1 amide bonds. The van der Waals surface area contributed by atoms with Gasteiger partial charge in [0.2, 0.25) is 5.91 Å². The minimum atomic E-state index is -3.64. The van der Waals surface area contributed by atoms with Gasteiger partial charge in [-0.15, -0.1) is 0 Å². The molecule has 0 saturated heterocycles. The molecule has 1 N–H and O–H groups in total. The molecule has 0 spiro atoms. The third kappa shape index (κ3) is 4.93. The summed E-state index contributed by atoms with van der Waals surface area (Å²) in [4.78, 5) is 12.5. The standard InChI is InChI=1S/C24H22Cl2N2O3S/c25-19-10-13-22(21(26)16-19)27-24(29)14-9-17-7-11-20(12-8-17)32(30,31)28-15-3-5-18-4-1-2-6-23(18)28/h1-2,4,6-8,10-13,16H,3,5,9,14-15H2,(H,27,29). The van der Waals surface area contributed by atoms with Crippen LogP contribution in [0.25, 0.3) is 0 Å². The second-order valence-corrected chi connectivity index (χ2v) is 10.3. The summed E-state index contributed by atoms with van der Waals surface area (Å²) in [5.41, 5.74) is 3.18. The summed E-state index contributed by atoms with van der Waals surface area (Å²) in [5, 5.41) is 3.63. The molecule has 166 valence electrons. The molecular formula is C24H22Cl2N2O3S. The lowest BCUT2D eigenvalue weighted by molar-refractivity contribution is -0.116. The van der Waals surface area contributed by atoms with Gasteiger partial charge in [-0.2, -0.15) is 0 Å². The first-order chi connectivity index (χ1) is 15.3. The molecule has 8 heteroatoms. The van der Waals surface area contributed by atoms with Crippen LogP contribution >= 0.6 is 23.2 Å². The van der Waals surface area contributed by atoms with Crippen LogP contribution in [-0.4, -0.2) is 20.9 Å². The number of halogens is 2. The molecule has 1 aliphatic heterocycles. The quantitative estimate of drug-likeness (QED) is 0.483. The first-order valence-corrected chi connectivity index (χ1v) is 12.5. The van der Waals surface area contributed by atoms with E-state index in [9.17, 15) is 13.2 Å². The number of fused-ring (bicyclic) bond motifs is 1. The molecule has 0 bridgehead atoms. The van der Waals surface area contributed by atoms with Crippen molar-refractivity contribution in [3.8, 4) is 0 Å². The van der Waals surface area contributed by atoms with E-state index >= 15 is 0 Å². The molecule has 0 unspecified atom stereocenters. The van der Waals surface area contributed by atoms with Crippen LogP contribution in [0.3, 0.4) is 0 Å². The zero-order valence-electron chi connectivity index (χ0n) is 17.2. The summed E-state index contributed by atoms with van der Waals surface area (Å²) < 4.78 is 27.9. The largest absolute Gasteiger partial charge is 0.325 e. The molecule has 3 aromatic rings. The summed E-state index contributed by atoms with van der Waals surface area (Å²) in [7, 11) is -3.64. The fourth-order valence-corrected chi connectivity index (χ4v) is 5.76. The first-order valence-electron chi connectivity index (χ1n) is 10.3. The predicted molar refractivity (Wildman–Crippen MR) is 129 cm³/mol. The SMILES string of the molecule is O=C(CCc1ccc(S(=O)(=O)N2CCCc3ccccc32)cc1)Nc1ccc(Cl)cc1Cl. The summed E-state index contributed by atoms with van der Waals surface area (Å²) in [6, 6.07) is 19.2. The molecule has 0 aliphatic carbocycles. The van der Waals surface area contributed by atoms with Crippen LogP contribution in [0.2, 0.25) is 10.0 Å². The first kappa shape index (κ1) is 22.6. The normalized spacial score (nSPS) is 13.5. The molecule has 1 aliphatic rings. The Morgan fingerprint density at radius 3 is 2.50 bits per heavy atom. The Morgan fingerprint density at radius 2 is 1.75 bits per heavy atom. The van der Waals surface area contributed by atoms with Gasteiger partial charge in [-0.3, -0.25) is 9.10 Å². The van der Waals surface area contributed by atoms with E-state index in [4.69, 9.17) is 23.2 Å². The number of carbonyl (C=O) groups excluding carboxylic acids is 1. The number of carbonyl (C=O) groups is 1. The fourth-order valence-electron chi connectivity index (χ4n) is 3.77. The molecule has 0 saturated carbocycles. The van der Waals surface area contributed by atoms with Gasteiger partial charge >= 0.3 is 0 Å². The van der Waals surface area contributed by atoms with Gasteiger partial charge in [0.1, 0.15) is 0 Å². The number of nitrogens with one attached hydrogen (secondary N) is 1. The van der Waals surface area contributed by atoms with Crippen LogP contribution in [0.5, 0.6) is 0 Å². The van der Waals surface area contributed by atoms with Crippen molar-refractivity contribution in [2.45, 2.75) is 30.6 Å². The number of para-hydroxylation sites is 1. The molecule has 4 rings (SSSR count). The lowest BCUT2D eigenvalue weighted by Gasteiger charge is -2.30. The monoisotopic (exact) mass is 488 g/mol. The second-order valence-electron chi connectivity index (χ2n) is 7.63. The van der Waals surface area contributed by atoms with E-state index in [0.29, 0.717) is 28.7 Å². The van der Waals surface area contributed by atoms with Gasteiger partial charge in [0, 0.05) is 18.0 Å². The number of aryl methyl sites for hydroxylation is 2. The van der Waals surface area contributed by atoms with E-state index in [-0.39, 0.29) is 17.2 Å². The number of nitrogens with zero attached hydrogens (tertiary/aromatic N) is 1. The Balaban J connectivity index is 1.41. The Hall–Kier alpha value is -2.54. The number of rotatable bonds is 6. The van der Waals surface area contributed by atoms with Crippen LogP contribution < -0.4 is 9.62 Å². The van der Waals surface area contributed by atoms with Crippen molar-refractivity contribution in [1.29, 1.82) is 0 Å². The third-order valence-corrected chi connectivity index (χ3v) is 7.80. The Kier molecular flexibility index (Phi) is 6.74. The summed E-state index contributed by atoms with van der Waals surface area (Å²) in [6.07, 6.45) is 2.39. The van der Waals surface area contributed by atoms with Crippen LogP contribution in [0.4, 0.5) is 11.4 Å². The van der Waals surface area contributed by atoms with Crippen molar-refractivity contribution in [3.05, 3.63) is 87.9 Å².